The molecule has 0 spiro atoms. The summed E-state index contributed by atoms with van der Waals surface area (Å²) in [7, 11) is 1.16. The van der Waals surface area contributed by atoms with E-state index in [0.717, 1.165) is 11.3 Å². The Labute approximate surface area is 139 Å². The van der Waals surface area contributed by atoms with E-state index >= 15 is 0 Å². The highest BCUT2D eigenvalue weighted by atomic mass is 28.3. The van der Waals surface area contributed by atoms with E-state index in [0.29, 0.717) is 11.1 Å². The van der Waals surface area contributed by atoms with Crippen LogP contribution in [0.3, 0.4) is 0 Å². The smallest absolute Gasteiger partial charge is 0.214 e. The van der Waals surface area contributed by atoms with Crippen molar-refractivity contribution in [2.45, 2.75) is 20.0 Å². The van der Waals surface area contributed by atoms with Crippen LogP contribution in [0.1, 0.15) is 26.3 Å². The molecule has 0 heterocycles. The van der Waals surface area contributed by atoms with Crippen molar-refractivity contribution in [3.05, 3.63) is 65.2 Å². The highest BCUT2D eigenvalue weighted by Gasteiger charge is 2.40. The fraction of sp³-hybridized carbons (Fsp3) is 0.263. The molecule has 4 heteroatoms. The highest BCUT2D eigenvalue weighted by molar-refractivity contribution is 7.26. The van der Waals surface area contributed by atoms with Crippen molar-refractivity contribution in [3.8, 4) is 0 Å². The van der Waals surface area contributed by atoms with Crippen LogP contribution < -0.4 is 4.90 Å². The van der Waals surface area contributed by atoms with E-state index in [1.807, 2.05) is 87.5 Å². The summed E-state index contributed by atoms with van der Waals surface area (Å²) in [5.74, 6) is 0. The first-order valence-electron chi connectivity index (χ1n) is 7.67. The fourth-order valence-corrected chi connectivity index (χ4v) is 4.42. The zero-order valence-electron chi connectivity index (χ0n) is 14.4. The number of hydrogen-bond donors (Lipinski definition) is 0. The summed E-state index contributed by atoms with van der Waals surface area (Å²) in [4.78, 5) is 27.6. The second-order valence-corrected chi connectivity index (χ2v) is 10.7. The van der Waals surface area contributed by atoms with Gasteiger partial charge >= 0.3 is 0 Å². The normalized spacial score (nSPS) is 11.2. The topological polar surface area (TPSA) is 37.4 Å². The van der Waals surface area contributed by atoms with Crippen LogP contribution in [0, 0.1) is 6.92 Å². The molecule has 0 aromatic heterocycles. The van der Waals surface area contributed by atoms with E-state index in [9.17, 15) is 9.59 Å². The molecule has 0 aliphatic carbocycles. The van der Waals surface area contributed by atoms with Gasteiger partial charge in [0.05, 0.1) is 0 Å². The van der Waals surface area contributed by atoms with Gasteiger partial charge in [-0.15, -0.1) is 0 Å². The van der Waals surface area contributed by atoms with E-state index in [2.05, 4.69) is 0 Å². The van der Waals surface area contributed by atoms with Crippen molar-refractivity contribution in [1.29, 1.82) is 0 Å². The minimum Gasteiger partial charge on any atom is -0.378 e. The number of carbonyl (C=O) groups excluding carboxylic acids is 2. The molecule has 120 valence electrons. The maximum Gasteiger partial charge on any atom is 0.214 e. The van der Waals surface area contributed by atoms with Crippen LogP contribution in [-0.4, -0.2) is 33.0 Å². The number of carbonyl (C=O) groups is 2. The number of rotatable bonds is 5. The van der Waals surface area contributed by atoms with Crippen molar-refractivity contribution in [3.63, 3.8) is 0 Å². The predicted molar refractivity (Wildman–Crippen MR) is 98.1 cm³/mol. The molecule has 0 saturated carbocycles. The standard InChI is InChI=1S/C19H23NO2Si/c1-14-6-8-15(9-7-14)18(21)23(4,5)19(22)16-10-12-17(13-11-16)20(2)3/h6-13H,1-5H3. The molecule has 23 heavy (non-hydrogen) atoms. The van der Waals surface area contributed by atoms with Crippen molar-refractivity contribution < 1.29 is 9.59 Å². The minimum absolute atomic E-state index is 0.0146. The average molecular weight is 325 g/mol. The van der Waals surface area contributed by atoms with Crippen LogP contribution in [0.25, 0.3) is 0 Å². The molecule has 2 aromatic rings. The summed E-state index contributed by atoms with van der Waals surface area (Å²) in [6.07, 6.45) is 0. The van der Waals surface area contributed by atoms with Gasteiger partial charge in [-0.25, -0.2) is 0 Å². The van der Waals surface area contributed by atoms with Gasteiger partial charge in [-0.1, -0.05) is 42.9 Å². The third-order valence-corrected chi connectivity index (χ3v) is 6.94. The zero-order valence-corrected chi connectivity index (χ0v) is 15.4. The summed E-state index contributed by atoms with van der Waals surface area (Å²) < 4.78 is 0. The largest absolute Gasteiger partial charge is 0.378 e. The van der Waals surface area contributed by atoms with Crippen LogP contribution in [0.2, 0.25) is 13.1 Å². The van der Waals surface area contributed by atoms with Crippen molar-refractivity contribution in [2.24, 2.45) is 0 Å². The lowest BCUT2D eigenvalue weighted by molar-refractivity contribution is 0.102. The first-order valence-corrected chi connectivity index (χ1v) is 10.7. The molecular formula is C19H23NO2Si. The number of benzene rings is 2. The van der Waals surface area contributed by atoms with Gasteiger partial charge < -0.3 is 4.90 Å². The molecule has 2 rings (SSSR count). The van der Waals surface area contributed by atoms with Crippen molar-refractivity contribution in [1.82, 2.24) is 0 Å². The molecule has 0 bridgehead atoms. The predicted octanol–water partition coefficient (Wildman–Crippen LogP) is 3.91. The maximum atomic E-state index is 12.9. The molecule has 0 saturated heterocycles. The molecule has 2 aromatic carbocycles. The van der Waals surface area contributed by atoms with Gasteiger partial charge in [0.15, 0.2) is 0 Å². The summed E-state index contributed by atoms with van der Waals surface area (Å²) in [5, 5.41) is -0.0347. The van der Waals surface area contributed by atoms with Crippen LogP contribution in [0.4, 0.5) is 5.69 Å². The molecule has 0 atom stereocenters. The molecule has 0 unspecified atom stereocenters. The lowest BCUT2D eigenvalue weighted by atomic mass is 10.2. The third-order valence-electron chi connectivity index (χ3n) is 4.09. The number of nitrogens with zero attached hydrogens (tertiary/aromatic N) is 1. The molecule has 0 aliphatic rings. The molecule has 0 N–H and O–H groups in total. The van der Waals surface area contributed by atoms with E-state index in [1.54, 1.807) is 0 Å². The summed E-state index contributed by atoms with van der Waals surface area (Å²) in [6, 6.07) is 14.9. The van der Waals surface area contributed by atoms with Crippen LogP contribution in [0.15, 0.2) is 48.5 Å². The third kappa shape index (κ3) is 3.59. The Kier molecular flexibility index (Phi) is 4.85. The van der Waals surface area contributed by atoms with Gasteiger partial charge in [0, 0.05) is 30.9 Å². The van der Waals surface area contributed by atoms with Gasteiger partial charge in [-0.3, -0.25) is 9.59 Å². The summed E-state index contributed by atoms with van der Waals surface area (Å²) >= 11 is 0. The Morgan fingerprint density at radius 1 is 0.783 bits per heavy atom. The van der Waals surface area contributed by atoms with Crippen molar-refractivity contribution >= 4 is 24.6 Å². The van der Waals surface area contributed by atoms with Crippen LogP contribution in [0.5, 0.6) is 0 Å². The van der Waals surface area contributed by atoms with Crippen molar-refractivity contribution in [2.75, 3.05) is 19.0 Å². The lowest BCUT2D eigenvalue weighted by Gasteiger charge is -2.20. The lowest BCUT2D eigenvalue weighted by Crippen LogP contribution is -2.46. The number of aryl methyl sites for hydroxylation is 1. The van der Waals surface area contributed by atoms with E-state index < -0.39 is 8.07 Å². The maximum absolute atomic E-state index is 12.9. The monoisotopic (exact) mass is 325 g/mol. The number of hydrogen-bond acceptors (Lipinski definition) is 3. The van der Waals surface area contributed by atoms with Crippen LogP contribution in [-0.2, 0) is 0 Å². The molecule has 0 fully saturated rings. The van der Waals surface area contributed by atoms with Gasteiger partial charge in [0.2, 0.25) is 8.07 Å². The van der Waals surface area contributed by atoms with Gasteiger partial charge in [0.25, 0.3) is 0 Å². The Hall–Kier alpha value is -2.20. The molecule has 0 aliphatic heterocycles. The fourth-order valence-electron chi connectivity index (χ4n) is 2.44. The van der Waals surface area contributed by atoms with Gasteiger partial charge in [0.1, 0.15) is 10.8 Å². The Bertz CT molecular complexity index is 716. The van der Waals surface area contributed by atoms with E-state index in [-0.39, 0.29) is 10.8 Å². The molecular weight excluding hydrogens is 302 g/mol. The van der Waals surface area contributed by atoms with Crippen LogP contribution >= 0.6 is 0 Å². The molecule has 0 radical (unpaired) electrons. The summed E-state index contributed by atoms with van der Waals surface area (Å²) in [5.41, 5.74) is 3.38. The Morgan fingerprint density at radius 2 is 1.17 bits per heavy atom. The average Bonchev–Trinajstić information content (AvgIpc) is 2.54. The Morgan fingerprint density at radius 3 is 1.57 bits per heavy atom. The van der Waals surface area contributed by atoms with E-state index in [4.69, 9.17) is 0 Å². The first-order chi connectivity index (χ1) is 10.7. The summed E-state index contributed by atoms with van der Waals surface area (Å²) in [6.45, 7) is 5.64. The van der Waals surface area contributed by atoms with E-state index in [1.165, 1.54) is 0 Å². The highest BCUT2D eigenvalue weighted by Crippen LogP contribution is 2.20. The SMILES string of the molecule is Cc1ccc(C(=O)[Si](C)(C)C(=O)c2ccc(N(C)C)cc2)cc1. The molecule has 3 nitrogen and oxygen atoms in total. The number of anilines is 1. The first kappa shape index (κ1) is 17.2. The molecule has 0 amide bonds. The minimum atomic E-state index is -2.75. The van der Waals surface area contributed by atoms with Gasteiger partial charge in [-0.2, -0.15) is 0 Å². The van der Waals surface area contributed by atoms with Gasteiger partial charge in [-0.05, 0) is 31.2 Å². The quantitative estimate of drug-likeness (QED) is 0.782. The Balaban J connectivity index is 2.28. The zero-order chi connectivity index (χ0) is 17.2. The second-order valence-electron chi connectivity index (χ2n) is 6.59. The second kappa shape index (κ2) is 6.50.